The fraction of sp³-hybridized carbons (Fsp3) is 0.632. The van der Waals surface area contributed by atoms with E-state index in [0.29, 0.717) is 19.1 Å². The molecule has 7 nitrogen and oxygen atoms in total. The first-order valence-electron chi connectivity index (χ1n) is 9.84. The number of nitrogens with one attached hydrogen (secondary N) is 1. The molecule has 2 fully saturated rings. The number of hydrogen-bond acceptors (Lipinski definition) is 5. The van der Waals surface area contributed by atoms with E-state index >= 15 is 0 Å². The van der Waals surface area contributed by atoms with Crippen LogP contribution in [0.25, 0.3) is 5.65 Å². The lowest BCUT2D eigenvalue weighted by molar-refractivity contribution is 0.148. The maximum Gasteiger partial charge on any atom is 0.211 e. The highest BCUT2D eigenvalue weighted by Crippen LogP contribution is 2.28. The molecular weight excluding hydrogens is 362 g/mol. The van der Waals surface area contributed by atoms with Gasteiger partial charge in [0, 0.05) is 69.1 Å². The molecule has 2 aromatic heterocycles. The summed E-state index contributed by atoms with van der Waals surface area (Å²) in [6.45, 7) is 4.08. The summed E-state index contributed by atoms with van der Waals surface area (Å²) >= 11 is 0. The first kappa shape index (κ1) is 18.7. The van der Waals surface area contributed by atoms with Gasteiger partial charge in [-0.3, -0.25) is 0 Å². The van der Waals surface area contributed by atoms with Gasteiger partial charge in [-0.2, -0.15) is 4.31 Å². The molecule has 3 heterocycles. The summed E-state index contributed by atoms with van der Waals surface area (Å²) in [7, 11) is -3.04. The number of pyridine rings is 1. The smallest absolute Gasteiger partial charge is 0.211 e. The van der Waals surface area contributed by atoms with Gasteiger partial charge < -0.3 is 14.6 Å². The van der Waals surface area contributed by atoms with Crippen molar-refractivity contribution >= 4 is 21.4 Å². The second kappa shape index (κ2) is 7.77. The third-order valence-electron chi connectivity index (χ3n) is 5.93. The van der Waals surface area contributed by atoms with Crippen LogP contribution in [0, 0.1) is 5.92 Å². The minimum Gasteiger partial charge on any atom is -0.382 e. The Hall–Kier alpha value is -1.64. The SMILES string of the molecule is CS(=O)(=O)N1CCN(CC2CCC(Nc3ccn4ccnc4c3)CC2)CC1. The number of nitrogens with zero attached hydrogens (tertiary/aromatic N) is 4. The summed E-state index contributed by atoms with van der Waals surface area (Å²) in [4.78, 5) is 6.78. The molecule has 0 spiro atoms. The molecule has 27 heavy (non-hydrogen) atoms. The molecule has 0 amide bonds. The summed E-state index contributed by atoms with van der Waals surface area (Å²) < 4.78 is 26.9. The molecule has 1 aliphatic heterocycles. The number of hydrogen-bond donors (Lipinski definition) is 1. The fourth-order valence-corrected chi connectivity index (χ4v) is 5.16. The molecule has 2 aromatic rings. The van der Waals surface area contributed by atoms with Crippen LogP contribution in [0.15, 0.2) is 30.7 Å². The third kappa shape index (κ3) is 4.62. The molecule has 8 heteroatoms. The van der Waals surface area contributed by atoms with Crippen LogP contribution in [-0.2, 0) is 10.0 Å². The highest BCUT2D eigenvalue weighted by atomic mass is 32.2. The maximum atomic E-state index is 11.6. The largest absolute Gasteiger partial charge is 0.382 e. The Kier molecular flexibility index (Phi) is 5.39. The Bertz CT molecular complexity index is 865. The van der Waals surface area contributed by atoms with Gasteiger partial charge in [-0.05, 0) is 37.7 Å². The Balaban J connectivity index is 1.22. The van der Waals surface area contributed by atoms with Crippen LogP contribution in [-0.4, -0.2) is 72.0 Å². The lowest BCUT2D eigenvalue weighted by Gasteiger charge is -2.37. The predicted octanol–water partition coefficient (Wildman–Crippen LogP) is 1.88. The number of anilines is 1. The molecular formula is C19H29N5O2S. The highest BCUT2D eigenvalue weighted by Gasteiger charge is 2.27. The van der Waals surface area contributed by atoms with Crippen molar-refractivity contribution in [3.8, 4) is 0 Å². The van der Waals surface area contributed by atoms with Crippen molar-refractivity contribution in [2.24, 2.45) is 5.92 Å². The van der Waals surface area contributed by atoms with Gasteiger partial charge in [0.15, 0.2) is 0 Å². The molecule has 4 rings (SSSR count). The monoisotopic (exact) mass is 391 g/mol. The van der Waals surface area contributed by atoms with Crippen molar-refractivity contribution < 1.29 is 8.42 Å². The third-order valence-corrected chi connectivity index (χ3v) is 7.24. The number of rotatable bonds is 5. The molecule has 148 valence electrons. The van der Waals surface area contributed by atoms with Gasteiger partial charge in [-0.1, -0.05) is 0 Å². The van der Waals surface area contributed by atoms with Crippen molar-refractivity contribution in [3.63, 3.8) is 0 Å². The normalized spacial score (nSPS) is 25.7. The van der Waals surface area contributed by atoms with Gasteiger partial charge in [-0.15, -0.1) is 0 Å². The van der Waals surface area contributed by atoms with E-state index in [1.165, 1.54) is 31.9 Å². The average Bonchev–Trinajstić information content (AvgIpc) is 3.11. The number of imidazole rings is 1. The zero-order valence-electron chi connectivity index (χ0n) is 15.9. The Morgan fingerprint density at radius 3 is 2.56 bits per heavy atom. The number of aromatic nitrogens is 2. The van der Waals surface area contributed by atoms with Gasteiger partial charge in [0.25, 0.3) is 0 Å². The van der Waals surface area contributed by atoms with Gasteiger partial charge in [0.2, 0.25) is 10.0 Å². The Morgan fingerprint density at radius 1 is 1.11 bits per heavy atom. The lowest BCUT2D eigenvalue weighted by atomic mass is 9.85. The van der Waals surface area contributed by atoms with E-state index < -0.39 is 10.0 Å². The fourth-order valence-electron chi connectivity index (χ4n) is 4.33. The van der Waals surface area contributed by atoms with Crippen LogP contribution >= 0.6 is 0 Å². The Morgan fingerprint density at radius 2 is 1.85 bits per heavy atom. The van der Waals surface area contributed by atoms with E-state index in [-0.39, 0.29) is 0 Å². The predicted molar refractivity (Wildman–Crippen MR) is 107 cm³/mol. The second-order valence-electron chi connectivity index (χ2n) is 7.93. The summed E-state index contributed by atoms with van der Waals surface area (Å²) in [5.41, 5.74) is 2.12. The minimum atomic E-state index is -3.04. The molecule has 2 aliphatic rings. The van der Waals surface area contributed by atoms with Crippen molar-refractivity contribution in [3.05, 3.63) is 30.7 Å². The lowest BCUT2D eigenvalue weighted by Crippen LogP contribution is -2.49. The summed E-state index contributed by atoms with van der Waals surface area (Å²) in [6.07, 6.45) is 12.0. The summed E-state index contributed by atoms with van der Waals surface area (Å²) in [5.74, 6) is 0.725. The summed E-state index contributed by atoms with van der Waals surface area (Å²) in [6, 6.07) is 4.75. The molecule has 0 unspecified atom stereocenters. The van der Waals surface area contributed by atoms with E-state index in [2.05, 4.69) is 27.3 Å². The molecule has 0 bridgehead atoms. The number of sulfonamides is 1. The van der Waals surface area contributed by atoms with Gasteiger partial charge in [0.1, 0.15) is 5.65 Å². The quantitative estimate of drug-likeness (QED) is 0.843. The first-order valence-corrected chi connectivity index (χ1v) is 11.7. The van der Waals surface area contributed by atoms with E-state index in [1.54, 1.807) is 4.31 Å². The topological polar surface area (TPSA) is 70.0 Å². The minimum absolute atomic E-state index is 0.528. The number of fused-ring (bicyclic) bond motifs is 1. The standard InChI is InChI=1S/C19H29N5O2S/c1-27(25,26)24-12-10-22(11-13-24)15-16-2-4-17(5-3-16)21-18-6-8-23-9-7-20-19(23)14-18/h6-9,14,16-17,21H,2-5,10-13,15H2,1H3. The van der Waals surface area contributed by atoms with Crippen LogP contribution in [0.2, 0.25) is 0 Å². The van der Waals surface area contributed by atoms with Gasteiger partial charge in [-0.25, -0.2) is 13.4 Å². The van der Waals surface area contributed by atoms with E-state index in [0.717, 1.165) is 36.9 Å². The van der Waals surface area contributed by atoms with Gasteiger partial charge in [0.05, 0.1) is 6.26 Å². The number of piperazine rings is 1. The zero-order chi connectivity index (χ0) is 18.9. The first-order chi connectivity index (χ1) is 13.0. The molecule has 0 radical (unpaired) electrons. The molecule has 1 saturated heterocycles. The Labute approximate surface area is 161 Å². The van der Waals surface area contributed by atoms with E-state index in [1.807, 2.05) is 23.0 Å². The van der Waals surface area contributed by atoms with Crippen molar-refractivity contribution in [1.29, 1.82) is 0 Å². The van der Waals surface area contributed by atoms with Crippen LogP contribution < -0.4 is 5.32 Å². The summed E-state index contributed by atoms with van der Waals surface area (Å²) in [5, 5.41) is 3.67. The van der Waals surface area contributed by atoms with E-state index in [4.69, 9.17) is 0 Å². The van der Waals surface area contributed by atoms with Crippen molar-refractivity contribution in [2.45, 2.75) is 31.7 Å². The van der Waals surface area contributed by atoms with Crippen LogP contribution in [0.5, 0.6) is 0 Å². The highest BCUT2D eigenvalue weighted by molar-refractivity contribution is 7.88. The molecule has 1 aliphatic carbocycles. The average molecular weight is 392 g/mol. The van der Waals surface area contributed by atoms with E-state index in [9.17, 15) is 8.42 Å². The molecule has 1 saturated carbocycles. The van der Waals surface area contributed by atoms with Crippen molar-refractivity contribution in [1.82, 2.24) is 18.6 Å². The van der Waals surface area contributed by atoms with Gasteiger partial charge >= 0.3 is 0 Å². The molecule has 0 aromatic carbocycles. The van der Waals surface area contributed by atoms with Crippen LogP contribution in [0.3, 0.4) is 0 Å². The van der Waals surface area contributed by atoms with Crippen LogP contribution in [0.4, 0.5) is 5.69 Å². The second-order valence-corrected chi connectivity index (χ2v) is 9.92. The molecule has 0 atom stereocenters. The van der Waals surface area contributed by atoms with Crippen molar-refractivity contribution in [2.75, 3.05) is 44.3 Å². The molecule has 1 N–H and O–H groups in total. The van der Waals surface area contributed by atoms with Crippen LogP contribution in [0.1, 0.15) is 25.7 Å². The maximum absolute atomic E-state index is 11.6. The zero-order valence-corrected chi connectivity index (χ0v) is 16.7.